The number of hydrogen-bond donors (Lipinski definition) is 2. The number of aliphatic imine (C=N–C) groups is 1. The number of rotatable bonds is 9. The van der Waals surface area contributed by atoms with Crippen LogP contribution in [0.15, 0.2) is 29.3 Å². The Labute approximate surface area is 186 Å². The van der Waals surface area contributed by atoms with Gasteiger partial charge < -0.3 is 20.1 Å². The van der Waals surface area contributed by atoms with Crippen LogP contribution in [0.4, 0.5) is 4.39 Å². The van der Waals surface area contributed by atoms with Gasteiger partial charge in [0, 0.05) is 52.4 Å². The predicted octanol–water partition coefficient (Wildman–Crippen LogP) is 1.72. The number of morpholine rings is 2. The van der Waals surface area contributed by atoms with E-state index >= 15 is 0 Å². The number of benzene rings is 1. The quantitative estimate of drug-likeness (QED) is 0.455. The fraction of sp³-hybridized carbons (Fsp3) is 0.696. The molecule has 0 bridgehead atoms. The van der Waals surface area contributed by atoms with Crippen molar-refractivity contribution in [2.75, 3.05) is 78.8 Å². The average molecular weight is 436 g/mol. The maximum absolute atomic E-state index is 13.5. The maximum Gasteiger partial charge on any atom is 0.191 e. The van der Waals surface area contributed by atoms with E-state index in [0.717, 1.165) is 83.8 Å². The summed E-state index contributed by atoms with van der Waals surface area (Å²) in [5.41, 5.74) is 1.10. The molecule has 3 rings (SSSR count). The van der Waals surface area contributed by atoms with Crippen LogP contribution < -0.4 is 10.6 Å². The number of hydrogen-bond acceptors (Lipinski definition) is 5. The van der Waals surface area contributed by atoms with Gasteiger partial charge in [-0.2, -0.15) is 0 Å². The minimum Gasteiger partial charge on any atom is -0.379 e. The fourth-order valence-electron chi connectivity index (χ4n) is 4.10. The first-order valence-electron chi connectivity index (χ1n) is 11.5. The first-order valence-corrected chi connectivity index (χ1v) is 11.5. The molecular weight excluding hydrogens is 397 g/mol. The van der Waals surface area contributed by atoms with E-state index in [1.807, 2.05) is 12.1 Å². The second-order valence-corrected chi connectivity index (χ2v) is 8.33. The van der Waals surface area contributed by atoms with E-state index in [0.29, 0.717) is 12.5 Å². The molecule has 2 saturated heterocycles. The minimum absolute atomic E-state index is 0.138. The van der Waals surface area contributed by atoms with Crippen LogP contribution in [0, 0.1) is 11.7 Å². The van der Waals surface area contributed by atoms with Crippen LogP contribution >= 0.6 is 0 Å². The van der Waals surface area contributed by atoms with Gasteiger partial charge in [-0.25, -0.2) is 4.39 Å². The van der Waals surface area contributed by atoms with Crippen LogP contribution in [-0.2, 0) is 9.47 Å². The molecule has 0 saturated carbocycles. The lowest BCUT2D eigenvalue weighted by Gasteiger charge is -2.35. The minimum atomic E-state index is -0.207. The van der Waals surface area contributed by atoms with Crippen molar-refractivity contribution < 1.29 is 13.9 Å². The molecule has 174 valence electrons. The molecule has 1 aromatic carbocycles. The first-order chi connectivity index (χ1) is 15.2. The molecule has 2 aliphatic rings. The Balaban J connectivity index is 1.59. The standard InChI is InChI=1S/C23H38FN5O2/c1-3-25-23(26-16-19(2)18-28-8-12-30-13-9-28)27-17-22(29-10-14-31-15-11-29)20-4-6-21(24)7-5-20/h4-7,19,22H,3,8-18H2,1-2H3,(H2,25,26,27). The summed E-state index contributed by atoms with van der Waals surface area (Å²) in [4.78, 5) is 9.69. The summed E-state index contributed by atoms with van der Waals surface area (Å²) in [7, 11) is 0. The van der Waals surface area contributed by atoms with Crippen molar-refractivity contribution in [3.63, 3.8) is 0 Å². The molecule has 1 aromatic rings. The second kappa shape index (κ2) is 13.0. The van der Waals surface area contributed by atoms with E-state index in [1.54, 1.807) is 0 Å². The second-order valence-electron chi connectivity index (χ2n) is 8.33. The van der Waals surface area contributed by atoms with E-state index < -0.39 is 0 Å². The summed E-state index contributed by atoms with van der Waals surface area (Å²) in [5.74, 6) is 1.10. The van der Waals surface area contributed by atoms with Crippen LogP contribution in [0.1, 0.15) is 25.5 Å². The van der Waals surface area contributed by atoms with Gasteiger partial charge in [-0.15, -0.1) is 0 Å². The highest BCUT2D eigenvalue weighted by Gasteiger charge is 2.23. The highest BCUT2D eigenvalue weighted by molar-refractivity contribution is 5.79. The summed E-state index contributed by atoms with van der Waals surface area (Å²) in [6.07, 6.45) is 0. The Morgan fingerprint density at radius 2 is 1.68 bits per heavy atom. The Morgan fingerprint density at radius 3 is 2.32 bits per heavy atom. The van der Waals surface area contributed by atoms with Gasteiger partial charge in [0.05, 0.1) is 32.5 Å². The van der Waals surface area contributed by atoms with Crippen molar-refractivity contribution in [2.24, 2.45) is 10.9 Å². The predicted molar refractivity (Wildman–Crippen MR) is 122 cm³/mol. The highest BCUT2D eigenvalue weighted by atomic mass is 19.1. The van der Waals surface area contributed by atoms with E-state index in [9.17, 15) is 4.39 Å². The van der Waals surface area contributed by atoms with Crippen molar-refractivity contribution in [2.45, 2.75) is 19.9 Å². The SMILES string of the molecule is CCNC(=NCC(C)CN1CCOCC1)NCC(c1ccc(F)cc1)N1CCOCC1. The first kappa shape index (κ1) is 23.9. The number of guanidine groups is 1. The average Bonchev–Trinajstić information content (AvgIpc) is 2.80. The maximum atomic E-state index is 13.5. The number of ether oxygens (including phenoxy) is 2. The Hall–Kier alpha value is -1.74. The third-order valence-corrected chi connectivity index (χ3v) is 5.78. The third kappa shape index (κ3) is 8.03. The van der Waals surface area contributed by atoms with Gasteiger partial charge in [0.2, 0.25) is 0 Å². The van der Waals surface area contributed by atoms with Gasteiger partial charge in [-0.3, -0.25) is 14.8 Å². The van der Waals surface area contributed by atoms with E-state index in [2.05, 4.69) is 34.3 Å². The van der Waals surface area contributed by atoms with Crippen molar-refractivity contribution in [1.29, 1.82) is 0 Å². The molecule has 7 nitrogen and oxygen atoms in total. The lowest BCUT2D eigenvalue weighted by Crippen LogP contribution is -2.46. The normalized spacial score (nSPS) is 20.9. The number of nitrogens with zero attached hydrogens (tertiary/aromatic N) is 3. The van der Waals surface area contributed by atoms with Crippen LogP contribution in [0.2, 0.25) is 0 Å². The molecule has 2 unspecified atom stereocenters. The number of nitrogens with one attached hydrogen (secondary N) is 2. The molecule has 2 atom stereocenters. The van der Waals surface area contributed by atoms with Crippen molar-refractivity contribution in [3.8, 4) is 0 Å². The molecule has 2 heterocycles. The molecule has 8 heteroatoms. The van der Waals surface area contributed by atoms with Crippen LogP contribution in [-0.4, -0.2) is 94.5 Å². The Morgan fingerprint density at radius 1 is 1.03 bits per heavy atom. The molecule has 31 heavy (non-hydrogen) atoms. The molecular formula is C23H38FN5O2. The molecule has 0 aliphatic carbocycles. The Bertz CT molecular complexity index is 660. The summed E-state index contributed by atoms with van der Waals surface area (Å²) in [6.45, 7) is 14.5. The van der Waals surface area contributed by atoms with Gasteiger partial charge in [-0.05, 0) is 30.5 Å². The third-order valence-electron chi connectivity index (χ3n) is 5.78. The monoisotopic (exact) mass is 435 g/mol. The van der Waals surface area contributed by atoms with E-state index in [4.69, 9.17) is 14.5 Å². The van der Waals surface area contributed by atoms with Gasteiger partial charge >= 0.3 is 0 Å². The van der Waals surface area contributed by atoms with Crippen LogP contribution in [0.5, 0.6) is 0 Å². The summed E-state index contributed by atoms with van der Waals surface area (Å²) in [5, 5.41) is 6.88. The lowest BCUT2D eigenvalue weighted by molar-refractivity contribution is 0.0170. The van der Waals surface area contributed by atoms with E-state index in [1.165, 1.54) is 12.1 Å². The topological polar surface area (TPSA) is 61.4 Å². The van der Waals surface area contributed by atoms with Gasteiger partial charge in [0.15, 0.2) is 5.96 Å². The largest absolute Gasteiger partial charge is 0.379 e. The molecule has 0 aromatic heterocycles. The molecule has 0 amide bonds. The van der Waals surface area contributed by atoms with E-state index in [-0.39, 0.29) is 11.9 Å². The van der Waals surface area contributed by atoms with Crippen LogP contribution in [0.3, 0.4) is 0 Å². The lowest BCUT2D eigenvalue weighted by atomic mass is 10.0. The molecule has 2 N–H and O–H groups in total. The molecule has 2 fully saturated rings. The zero-order valence-electron chi connectivity index (χ0n) is 19.0. The fourth-order valence-corrected chi connectivity index (χ4v) is 4.10. The summed E-state index contributed by atoms with van der Waals surface area (Å²) >= 11 is 0. The highest BCUT2D eigenvalue weighted by Crippen LogP contribution is 2.21. The summed E-state index contributed by atoms with van der Waals surface area (Å²) < 4.78 is 24.4. The van der Waals surface area contributed by atoms with Crippen molar-refractivity contribution in [1.82, 2.24) is 20.4 Å². The van der Waals surface area contributed by atoms with Crippen molar-refractivity contribution in [3.05, 3.63) is 35.6 Å². The van der Waals surface area contributed by atoms with Gasteiger partial charge in [0.25, 0.3) is 0 Å². The molecule has 0 radical (unpaired) electrons. The number of halogens is 1. The zero-order valence-corrected chi connectivity index (χ0v) is 19.0. The smallest absolute Gasteiger partial charge is 0.191 e. The molecule has 0 spiro atoms. The summed E-state index contributed by atoms with van der Waals surface area (Å²) in [6, 6.07) is 6.97. The van der Waals surface area contributed by atoms with Crippen LogP contribution in [0.25, 0.3) is 0 Å². The van der Waals surface area contributed by atoms with Crippen molar-refractivity contribution >= 4 is 5.96 Å². The zero-order chi connectivity index (χ0) is 21.9. The Kier molecular flexibility index (Phi) is 9.99. The molecule has 2 aliphatic heterocycles. The van der Waals surface area contributed by atoms with Gasteiger partial charge in [0.1, 0.15) is 5.82 Å². The van der Waals surface area contributed by atoms with Gasteiger partial charge in [-0.1, -0.05) is 19.1 Å².